The highest BCUT2D eigenvalue weighted by Crippen LogP contribution is 2.13. The summed E-state index contributed by atoms with van der Waals surface area (Å²) in [6, 6.07) is 9.53. The van der Waals surface area contributed by atoms with E-state index >= 15 is 0 Å². The highest BCUT2D eigenvalue weighted by atomic mass is 16.2. The number of aromatic nitrogens is 4. The highest BCUT2D eigenvalue weighted by Gasteiger charge is 2.10. The number of hydrogen-bond donors (Lipinski definition) is 1. The highest BCUT2D eigenvalue weighted by molar-refractivity contribution is 5.75. The first-order valence-electron chi connectivity index (χ1n) is 7.92. The molecule has 1 aromatic carbocycles. The number of carbonyl (C=O) groups is 1. The fourth-order valence-electron chi connectivity index (χ4n) is 2.67. The largest absolute Gasteiger partial charge is 0.350 e. The quantitative estimate of drug-likeness (QED) is 0.762. The second-order valence-electron chi connectivity index (χ2n) is 5.78. The number of imidazole rings is 1. The van der Waals surface area contributed by atoms with E-state index in [1.807, 2.05) is 35.0 Å². The van der Waals surface area contributed by atoms with Crippen molar-refractivity contribution in [2.45, 2.75) is 26.9 Å². The molecule has 1 N–H and O–H groups in total. The van der Waals surface area contributed by atoms with Gasteiger partial charge in [0.2, 0.25) is 5.91 Å². The van der Waals surface area contributed by atoms with Crippen LogP contribution in [0.5, 0.6) is 0 Å². The van der Waals surface area contributed by atoms with Gasteiger partial charge in [0.15, 0.2) is 0 Å². The minimum Gasteiger partial charge on any atom is -0.350 e. The van der Waals surface area contributed by atoms with Gasteiger partial charge in [-0.2, -0.15) is 4.98 Å². The van der Waals surface area contributed by atoms with Crippen molar-refractivity contribution in [3.63, 3.8) is 0 Å². The van der Waals surface area contributed by atoms with Crippen LogP contribution in [-0.4, -0.2) is 25.0 Å². The molecule has 7 heteroatoms. The summed E-state index contributed by atoms with van der Waals surface area (Å²) >= 11 is 0. The summed E-state index contributed by atoms with van der Waals surface area (Å²) in [5, 5.41) is 2.86. The lowest BCUT2D eigenvalue weighted by Gasteiger charge is -2.13. The Morgan fingerprint density at radius 3 is 2.76 bits per heavy atom. The Kier molecular flexibility index (Phi) is 4.74. The van der Waals surface area contributed by atoms with Crippen LogP contribution in [-0.2, 0) is 17.9 Å². The summed E-state index contributed by atoms with van der Waals surface area (Å²) in [6.07, 6.45) is 5.26. The molecule has 0 bridgehead atoms. The molecule has 2 aromatic heterocycles. The number of rotatable bonds is 5. The van der Waals surface area contributed by atoms with Gasteiger partial charge in [-0.15, -0.1) is 0 Å². The normalized spacial score (nSPS) is 10.6. The standard InChI is InChI=1S/C18H19N5O2/c1-13-9-14(2)23(18(25)21-13)11-17(24)20-10-15-5-3-4-6-16(15)22-8-7-19-12-22/h3-9,12H,10-11H2,1-2H3,(H,20,24). The first-order valence-corrected chi connectivity index (χ1v) is 7.92. The molecular formula is C18H19N5O2. The molecule has 0 aliphatic rings. The number of hydrogen-bond acceptors (Lipinski definition) is 4. The van der Waals surface area contributed by atoms with Crippen molar-refractivity contribution in [1.82, 2.24) is 24.4 Å². The average Bonchev–Trinajstić information content (AvgIpc) is 3.11. The van der Waals surface area contributed by atoms with Gasteiger partial charge in [-0.25, -0.2) is 9.78 Å². The third-order valence-corrected chi connectivity index (χ3v) is 3.90. The molecule has 0 saturated heterocycles. The van der Waals surface area contributed by atoms with Crippen LogP contribution in [0.2, 0.25) is 0 Å². The van der Waals surface area contributed by atoms with Gasteiger partial charge in [-0.1, -0.05) is 18.2 Å². The molecule has 0 spiro atoms. The summed E-state index contributed by atoms with van der Waals surface area (Å²) in [4.78, 5) is 32.1. The SMILES string of the molecule is Cc1cc(C)n(CC(=O)NCc2ccccc2-n2ccnc2)c(=O)n1. The van der Waals surface area contributed by atoms with Crippen molar-refractivity contribution in [1.29, 1.82) is 0 Å². The monoisotopic (exact) mass is 337 g/mol. The molecule has 0 unspecified atom stereocenters. The Morgan fingerprint density at radius 1 is 1.24 bits per heavy atom. The maximum absolute atomic E-state index is 12.3. The summed E-state index contributed by atoms with van der Waals surface area (Å²) in [5.74, 6) is -0.240. The predicted molar refractivity (Wildman–Crippen MR) is 93.4 cm³/mol. The first-order chi connectivity index (χ1) is 12.0. The number of nitrogens with one attached hydrogen (secondary N) is 1. The molecule has 25 heavy (non-hydrogen) atoms. The third kappa shape index (κ3) is 3.82. The van der Waals surface area contributed by atoms with Crippen LogP contribution >= 0.6 is 0 Å². The van der Waals surface area contributed by atoms with Crippen LogP contribution in [0.3, 0.4) is 0 Å². The minimum absolute atomic E-state index is 0.0504. The lowest BCUT2D eigenvalue weighted by Crippen LogP contribution is -2.34. The van der Waals surface area contributed by atoms with Crippen LogP contribution < -0.4 is 11.0 Å². The van der Waals surface area contributed by atoms with Gasteiger partial charge in [0.05, 0.1) is 12.0 Å². The maximum atomic E-state index is 12.3. The predicted octanol–water partition coefficient (Wildman–Crippen LogP) is 1.36. The second-order valence-corrected chi connectivity index (χ2v) is 5.78. The molecule has 1 amide bonds. The molecule has 128 valence electrons. The Hall–Kier alpha value is -3.22. The topological polar surface area (TPSA) is 81.8 Å². The van der Waals surface area contributed by atoms with Gasteiger partial charge < -0.3 is 9.88 Å². The fourth-order valence-corrected chi connectivity index (χ4v) is 2.67. The van der Waals surface area contributed by atoms with E-state index in [1.165, 1.54) is 4.57 Å². The molecule has 0 radical (unpaired) electrons. The molecular weight excluding hydrogens is 318 g/mol. The molecule has 0 fully saturated rings. The molecule has 7 nitrogen and oxygen atoms in total. The molecule has 0 atom stereocenters. The Bertz CT molecular complexity index is 944. The van der Waals surface area contributed by atoms with E-state index in [0.717, 1.165) is 11.3 Å². The van der Waals surface area contributed by atoms with Crippen molar-refractivity contribution in [2.24, 2.45) is 0 Å². The average molecular weight is 337 g/mol. The molecule has 0 aliphatic heterocycles. The number of benzene rings is 1. The molecule has 3 aromatic rings. The van der Waals surface area contributed by atoms with E-state index in [9.17, 15) is 9.59 Å². The number of para-hydroxylation sites is 1. The zero-order valence-corrected chi connectivity index (χ0v) is 14.1. The van der Waals surface area contributed by atoms with E-state index in [0.29, 0.717) is 17.9 Å². The van der Waals surface area contributed by atoms with Crippen LogP contribution in [0.15, 0.2) is 53.8 Å². The fraction of sp³-hybridized carbons (Fsp3) is 0.222. The van der Waals surface area contributed by atoms with Gasteiger partial charge in [-0.3, -0.25) is 9.36 Å². The molecule has 0 saturated carbocycles. The Balaban J connectivity index is 1.71. The van der Waals surface area contributed by atoms with Gasteiger partial charge >= 0.3 is 5.69 Å². The van der Waals surface area contributed by atoms with E-state index in [2.05, 4.69) is 15.3 Å². The first kappa shape index (κ1) is 16.6. The van der Waals surface area contributed by atoms with Crippen molar-refractivity contribution >= 4 is 5.91 Å². The zero-order valence-electron chi connectivity index (χ0n) is 14.1. The number of amides is 1. The van der Waals surface area contributed by atoms with Crippen LogP contribution in [0.25, 0.3) is 5.69 Å². The van der Waals surface area contributed by atoms with Gasteiger partial charge in [0.1, 0.15) is 6.54 Å². The lowest BCUT2D eigenvalue weighted by atomic mass is 10.1. The number of carbonyl (C=O) groups excluding carboxylic acids is 1. The molecule has 0 aliphatic carbocycles. The van der Waals surface area contributed by atoms with Gasteiger partial charge in [0, 0.05) is 30.3 Å². The lowest BCUT2D eigenvalue weighted by molar-refractivity contribution is -0.121. The van der Waals surface area contributed by atoms with E-state index in [1.54, 1.807) is 32.4 Å². The second kappa shape index (κ2) is 7.12. The van der Waals surface area contributed by atoms with Gasteiger partial charge in [-0.05, 0) is 31.5 Å². The third-order valence-electron chi connectivity index (χ3n) is 3.90. The number of nitrogens with zero attached hydrogens (tertiary/aromatic N) is 4. The van der Waals surface area contributed by atoms with Gasteiger partial charge in [0.25, 0.3) is 0 Å². The van der Waals surface area contributed by atoms with Crippen LogP contribution in [0.1, 0.15) is 17.0 Å². The number of aryl methyl sites for hydroxylation is 2. The van der Waals surface area contributed by atoms with Crippen LogP contribution in [0, 0.1) is 13.8 Å². The van der Waals surface area contributed by atoms with Crippen molar-refractivity contribution in [3.8, 4) is 5.69 Å². The summed E-state index contributed by atoms with van der Waals surface area (Å²) in [6.45, 7) is 3.86. The minimum atomic E-state index is -0.411. The summed E-state index contributed by atoms with van der Waals surface area (Å²) in [7, 11) is 0. The Labute approximate surface area is 145 Å². The smallest absolute Gasteiger partial charge is 0.348 e. The Morgan fingerprint density at radius 2 is 2.04 bits per heavy atom. The van der Waals surface area contributed by atoms with E-state index < -0.39 is 5.69 Å². The molecule has 3 rings (SSSR count). The van der Waals surface area contributed by atoms with E-state index in [4.69, 9.17) is 0 Å². The van der Waals surface area contributed by atoms with Crippen LogP contribution in [0.4, 0.5) is 0 Å². The summed E-state index contributed by atoms with van der Waals surface area (Å²) < 4.78 is 3.25. The maximum Gasteiger partial charge on any atom is 0.348 e. The zero-order chi connectivity index (χ0) is 17.8. The molecule has 2 heterocycles. The van der Waals surface area contributed by atoms with Crippen molar-refractivity contribution < 1.29 is 4.79 Å². The van der Waals surface area contributed by atoms with Crippen molar-refractivity contribution in [2.75, 3.05) is 0 Å². The van der Waals surface area contributed by atoms with Crippen molar-refractivity contribution in [3.05, 3.63) is 76.5 Å². The van der Waals surface area contributed by atoms with E-state index in [-0.39, 0.29) is 12.5 Å². The summed E-state index contributed by atoms with van der Waals surface area (Å²) in [5.41, 5.74) is 2.86.